The number of carbonyl (C=O) groups is 2. The minimum absolute atomic E-state index is 0.0307. The van der Waals surface area contributed by atoms with Crippen molar-refractivity contribution in [1.29, 1.82) is 0 Å². The smallest absolute Gasteiger partial charge is 0.247 e. The van der Waals surface area contributed by atoms with Crippen LogP contribution in [-0.2, 0) is 14.3 Å². The minimum atomic E-state index is -0.157. The van der Waals surface area contributed by atoms with Crippen LogP contribution in [0.4, 0.5) is 0 Å². The Kier molecular flexibility index (Phi) is 13.8. The predicted molar refractivity (Wildman–Crippen MR) is 151 cm³/mol. The molecule has 200 valence electrons. The summed E-state index contributed by atoms with van der Waals surface area (Å²) in [6.45, 7) is 18.3. The van der Waals surface area contributed by atoms with Gasteiger partial charge in [-0.25, -0.2) is 4.99 Å². The molecule has 1 unspecified atom stereocenters. The molecule has 0 aliphatic carbocycles. The lowest BCUT2D eigenvalue weighted by atomic mass is 9.91. The molecule has 1 fully saturated rings. The number of amides is 2. The third kappa shape index (κ3) is 10.8. The SMILES string of the molecule is C=C1/C=C\C(CC)=C/CS/C(CCC(=O)NC(CNC(=O)C(=C)CN(CC)CC)C2CCOCC2)=N\1. The number of aliphatic imine (C=N–C) groups is 1. The highest BCUT2D eigenvalue weighted by Gasteiger charge is 2.26. The molecule has 2 amide bonds. The summed E-state index contributed by atoms with van der Waals surface area (Å²) in [7, 11) is 0. The van der Waals surface area contributed by atoms with Gasteiger partial charge >= 0.3 is 0 Å². The topological polar surface area (TPSA) is 83.0 Å². The van der Waals surface area contributed by atoms with E-state index in [9.17, 15) is 9.59 Å². The van der Waals surface area contributed by atoms with Gasteiger partial charge in [-0.05, 0) is 44.3 Å². The van der Waals surface area contributed by atoms with Crippen molar-refractivity contribution in [3.8, 4) is 0 Å². The average Bonchev–Trinajstić information content (AvgIpc) is 2.98. The quantitative estimate of drug-likeness (QED) is 0.358. The lowest BCUT2D eigenvalue weighted by Gasteiger charge is -2.31. The summed E-state index contributed by atoms with van der Waals surface area (Å²) in [5.41, 5.74) is 2.51. The molecule has 2 aliphatic heterocycles. The highest BCUT2D eigenvalue weighted by Crippen LogP contribution is 2.20. The summed E-state index contributed by atoms with van der Waals surface area (Å²) in [4.78, 5) is 32.4. The zero-order chi connectivity index (χ0) is 26.3. The number of likely N-dealkylation sites (N-methyl/N-ethyl adjacent to an activating group) is 1. The van der Waals surface area contributed by atoms with Crippen molar-refractivity contribution in [2.75, 3.05) is 45.1 Å². The number of carbonyl (C=O) groups excluding carboxylic acids is 2. The first-order valence-corrected chi connectivity index (χ1v) is 14.2. The second-order valence-electron chi connectivity index (χ2n) is 9.17. The Morgan fingerprint density at radius 1 is 1.22 bits per heavy atom. The molecule has 0 aromatic heterocycles. The zero-order valence-corrected chi connectivity index (χ0v) is 23.1. The highest BCUT2D eigenvalue weighted by molar-refractivity contribution is 8.14. The molecule has 1 atom stereocenters. The number of hydrogen-bond acceptors (Lipinski definition) is 6. The normalized spacial score (nSPS) is 21.7. The first kappa shape index (κ1) is 30.1. The largest absolute Gasteiger partial charge is 0.381 e. The van der Waals surface area contributed by atoms with Gasteiger partial charge in [0.25, 0.3) is 0 Å². The Morgan fingerprint density at radius 2 is 1.94 bits per heavy atom. The first-order valence-electron chi connectivity index (χ1n) is 13.2. The average molecular weight is 517 g/mol. The van der Waals surface area contributed by atoms with Crippen LogP contribution in [0, 0.1) is 5.92 Å². The Hall–Kier alpha value is -2.16. The van der Waals surface area contributed by atoms with E-state index in [-0.39, 0.29) is 23.8 Å². The molecular formula is C28H44N4O3S. The van der Waals surface area contributed by atoms with E-state index in [0.717, 1.165) is 43.1 Å². The lowest BCUT2D eigenvalue weighted by Crippen LogP contribution is -2.49. The molecule has 0 bridgehead atoms. The molecule has 2 aliphatic rings. The lowest BCUT2D eigenvalue weighted by molar-refractivity contribution is -0.123. The van der Waals surface area contributed by atoms with Gasteiger partial charge in [0, 0.05) is 56.5 Å². The molecule has 1 saturated heterocycles. The van der Waals surface area contributed by atoms with E-state index in [1.165, 1.54) is 5.57 Å². The van der Waals surface area contributed by atoms with Gasteiger partial charge in [-0.1, -0.05) is 51.7 Å². The van der Waals surface area contributed by atoms with Crippen LogP contribution in [0.15, 0.2) is 53.2 Å². The standard InChI is InChI=1S/C28H44N4O3S/c1-6-23-10-9-22(5)30-27(36-18-15-23)12-11-26(33)31-25(24-13-16-35-17-14-24)19-29-28(34)21(4)20-32(7-2)8-3/h9-10,15,24-25H,4-8,11-14,16-20H2,1-3H3,(H,29,34)(H,31,33)/b10-9-,23-15-,30-27-. The molecule has 8 heteroatoms. The molecule has 2 heterocycles. The monoisotopic (exact) mass is 516 g/mol. The maximum absolute atomic E-state index is 13.0. The second-order valence-corrected chi connectivity index (χ2v) is 10.3. The summed E-state index contributed by atoms with van der Waals surface area (Å²) in [6.07, 6.45) is 9.79. The zero-order valence-electron chi connectivity index (χ0n) is 22.3. The van der Waals surface area contributed by atoms with E-state index >= 15 is 0 Å². The number of allylic oxidation sites excluding steroid dienone is 3. The van der Waals surface area contributed by atoms with Crippen molar-refractivity contribution >= 4 is 28.6 Å². The van der Waals surface area contributed by atoms with E-state index in [0.29, 0.717) is 50.4 Å². The summed E-state index contributed by atoms with van der Waals surface area (Å²) < 4.78 is 5.52. The van der Waals surface area contributed by atoms with E-state index < -0.39 is 0 Å². The molecule has 0 saturated carbocycles. The number of nitrogens with zero attached hydrogens (tertiary/aromatic N) is 2. The number of rotatable bonds is 13. The van der Waals surface area contributed by atoms with Crippen LogP contribution in [0.2, 0.25) is 0 Å². The van der Waals surface area contributed by atoms with Gasteiger partial charge in [-0.2, -0.15) is 0 Å². The van der Waals surface area contributed by atoms with Crippen molar-refractivity contribution in [3.63, 3.8) is 0 Å². The molecule has 0 aromatic carbocycles. The van der Waals surface area contributed by atoms with Crippen LogP contribution in [0.1, 0.15) is 52.9 Å². The van der Waals surface area contributed by atoms with Crippen LogP contribution in [-0.4, -0.2) is 72.9 Å². The Balaban J connectivity index is 1.93. The maximum atomic E-state index is 13.0. The fourth-order valence-corrected chi connectivity index (χ4v) is 5.12. The van der Waals surface area contributed by atoms with Crippen LogP contribution in [0.3, 0.4) is 0 Å². The fraction of sp³-hybridized carbons (Fsp3) is 0.607. The molecule has 2 rings (SSSR count). The van der Waals surface area contributed by atoms with Gasteiger partial charge in [-0.15, -0.1) is 11.8 Å². The maximum Gasteiger partial charge on any atom is 0.247 e. The predicted octanol–water partition coefficient (Wildman–Crippen LogP) is 4.24. The Morgan fingerprint density at radius 3 is 2.61 bits per heavy atom. The van der Waals surface area contributed by atoms with Crippen molar-refractivity contribution in [3.05, 3.63) is 48.2 Å². The Bertz CT molecular complexity index is 855. The van der Waals surface area contributed by atoms with Crippen LogP contribution in [0.25, 0.3) is 0 Å². The molecular weight excluding hydrogens is 472 g/mol. The number of nitrogens with one attached hydrogen (secondary N) is 2. The summed E-state index contributed by atoms with van der Waals surface area (Å²) in [6, 6.07) is -0.144. The molecule has 0 spiro atoms. The van der Waals surface area contributed by atoms with E-state index in [1.807, 2.05) is 6.08 Å². The van der Waals surface area contributed by atoms with Crippen LogP contribution >= 0.6 is 11.8 Å². The van der Waals surface area contributed by atoms with Crippen molar-refractivity contribution in [2.45, 2.75) is 58.9 Å². The second kappa shape index (κ2) is 16.6. The van der Waals surface area contributed by atoms with Gasteiger partial charge in [0.1, 0.15) is 0 Å². The van der Waals surface area contributed by atoms with Crippen molar-refractivity contribution in [1.82, 2.24) is 15.5 Å². The van der Waals surface area contributed by atoms with E-state index in [2.05, 4.69) is 66.6 Å². The molecule has 2 N–H and O–H groups in total. The summed E-state index contributed by atoms with van der Waals surface area (Å²) in [5.74, 6) is 0.903. The summed E-state index contributed by atoms with van der Waals surface area (Å²) >= 11 is 1.65. The van der Waals surface area contributed by atoms with Crippen LogP contribution in [0.5, 0.6) is 0 Å². The van der Waals surface area contributed by atoms with Crippen molar-refractivity contribution < 1.29 is 14.3 Å². The molecule has 0 aromatic rings. The van der Waals surface area contributed by atoms with Gasteiger partial charge < -0.3 is 15.4 Å². The molecule has 7 nitrogen and oxygen atoms in total. The van der Waals surface area contributed by atoms with Gasteiger partial charge in [-0.3, -0.25) is 14.5 Å². The van der Waals surface area contributed by atoms with Gasteiger partial charge in [0.2, 0.25) is 11.8 Å². The third-order valence-electron chi connectivity index (χ3n) is 6.62. The number of thioether (sulfide) groups is 1. The number of ether oxygens (including phenoxy) is 1. The van der Waals surface area contributed by atoms with Gasteiger partial charge in [0.05, 0.1) is 10.7 Å². The molecule has 36 heavy (non-hydrogen) atoms. The first-order chi connectivity index (χ1) is 17.4. The van der Waals surface area contributed by atoms with Crippen molar-refractivity contribution in [2.24, 2.45) is 10.9 Å². The fourth-order valence-electron chi connectivity index (χ4n) is 4.21. The molecule has 0 radical (unpaired) electrons. The van der Waals surface area contributed by atoms with E-state index in [4.69, 9.17) is 4.74 Å². The van der Waals surface area contributed by atoms with Gasteiger partial charge in [0.15, 0.2) is 0 Å². The minimum Gasteiger partial charge on any atom is -0.381 e. The van der Waals surface area contributed by atoms with Crippen LogP contribution < -0.4 is 10.6 Å². The highest BCUT2D eigenvalue weighted by atomic mass is 32.2. The third-order valence-corrected chi connectivity index (χ3v) is 7.58. The Labute approximate surface area is 221 Å². The van der Waals surface area contributed by atoms with E-state index in [1.54, 1.807) is 11.8 Å². The number of hydrogen-bond donors (Lipinski definition) is 2. The summed E-state index contributed by atoms with van der Waals surface area (Å²) in [5, 5.41) is 7.11.